The molecule has 0 radical (unpaired) electrons. The molecule has 1 amide bonds. The number of aliphatic hydroxyl groups excluding tert-OH is 2. The normalized spacial score (nSPS) is 12.6. The van der Waals surface area contributed by atoms with E-state index in [1.165, 1.54) is 353 Å². The molecule has 83 heavy (non-hydrogen) atoms. The van der Waals surface area contributed by atoms with Gasteiger partial charge in [-0.2, -0.15) is 0 Å². The number of rotatable bonds is 72. The minimum absolute atomic E-state index is 0.0142. The van der Waals surface area contributed by atoms with Gasteiger partial charge in [0.1, 0.15) is 0 Å². The molecular formula is C77H149NO5. The Morgan fingerprint density at radius 1 is 0.325 bits per heavy atom. The highest BCUT2D eigenvalue weighted by Gasteiger charge is 2.20. The highest BCUT2D eigenvalue weighted by Crippen LogP contribution is 2.19. The Bertz CT molecular complexity index is 1300. The number of esters is 1. The van der Waals surface area contributed by atoms with Crippen LogP contribution in [0.4, 0.5) is 0 Å². The molecule has 2 atom stereocenters. The van der Waals surface area contributed by atoms with Gasteiger partial charge in [-0.25, -0.2) is 0 Å². The molecular weight excluding hydrogens is 1020 g/mol. The van der Waals surface area contributed by atoms with E-state index < -0.39 is 12.1 Å². The van der Waals surface area contributed by atoms with Crippen molar-refractivity contribution in [2.75, 3.05) is 13.2 Å². The quantitative estimate of drug-likeness (QED) is 0.0320. The summed E-state index contributed by atoms with van der Waals surface area (Å²) in [5.41, 5.74) is 0. The van der Waals surface area contributed by atoms with E-state index in [9.17, 15) is 19.8 Å². The Kier molecular flexibility index (Phi) is 71.4. The molecule has 0 saturated heterocycles. The largest absolute Gasteiger partial charge is 0.466 e. The number of hydrogen-bond acceptors (Lipinski definition) is 5. The second kappa shape index (κ2) is 72.8. The van der Waals surface area contributed by atoms with Crippen LogP contribution in [0.1, 0.15) is 431 Å². The fraction of sp³-hybridized carbons (Fsp3) is 0.922. The standard InChI is InChI=1S/C77H149NO5/c1-3-5-7-9-11-13-15-17-19-21-23-24-30-34-37-41-45-49-53-57-61-65-69-75(80)74(73-79)78-76(81)70-66-62-58-54-50-46-42-38-35-31-28-26-25-27-29-32-36-40-44-48-52-56-60-64-68-72-83-77(82)71-67-63-59-55-51-47-43-39-33-22-20-18-16-14-12-10-8-6-4-2/h18,20,26,28,74-75,79-80H,3-17,19,21-25,27,29-73H2,1-2H3,(H,78,81)/b20-18-,28-26-. The average molecular weight is 1170 g/mol. The number of allylic oxidation sites excluding steroid dienone is 4. The third-order valence-electron chi connectivity index (χ3n) is 18.0. The first-order valence-electron chi connectivity index (χ1n) is 38.1. The molecule has 2 unspecified atom stereocenters. The summed E-state index contributed by atoms with van der Waals surface area (Å²) >= 11 is 0. The lowest BCUT2D eigenvalue weighted by Gasteiger charge is -2.22. The zero-order valence-corrected chi connectivity index (χ0v) is 56.5. The number of aliphatic hydroxyl groups is 2. The van der Waals surface area contributed by atoms with Crippen molar-refractivity contribution in [3.8, 4) is 0 Å². The Morgan fingerprint density at radius 2 is 0.566 bits per heavy atom. The molecule has 0 aliphatic heterocycles. The molecule has 0 fully saturated rings. The Labute approximate surface area is 520 Å². The predicted octanol–water partition coefficient (Wildman–Crippen LogP) is 24.9. The van der Waals surface area contributed by atoms with Gasteiger partial charge in [-0.05, 0) is 77.0 Å². The van der Waals surface area contributed by atoms with Crippen LogP contribution in [-0.2, 0) is 14.3 Å². The summed E-state index contributed by atoms with van der Waals surface area (Å²) in [5, 5.41) is 23.4. The van der Waals surface area contributed by atoms with E-state index in [0.717, 1.165) is 44.9 Å². The van der Waals surface area contributed by atoms with Gasteiger partial charge < -0.3 is 20.3 Å². The first-order valence-corrected chi connectivity index (χ1v) is 38.1. The Hall–Kier alpha value is -1.66. The summed E-state index contributed by atoms with van der Waals surface area (Å²) in [7, 11) is 0. The maximum absolute atomic E-state index is 12.6. The molecule has 0 aromatic heterocycles. The third kappa shape index (κ3) is 69.3. The highest BCUT2D eigenvalue weighted by molar-refractivity contribution is 5.76. The van der Waals surface area contributed by atoms with Crippen LogP contribution in [-0.4, -0.2) is 47.4 Å². The first-order chi connectivity index (χ1) is 41.0. The summed E-state index contributed by atoms with van der Waals surface area (Å²) in [6.45, 7) is 4.99. The molecule has 3 N–H and O–H groups in total. The van der Waals surface area contributed by atoms with Gasteiger partial charge in [-0.1, -0.05) is 366 Å². The van der Waals surface area contributed by atoms with Crippen LogP contribution in [0.2, 0.25) is 0 Å². The Balaban J connectivity index is 3.38. The lowest BCUT2D eigenvalue weighted by molar-refractivity contribution is -0.143. The van der Waals surface area contributed by atoms with E-state index >= 15 is 0 Å². The van der Waals surface area contributed by atoms with Crippen molar-refractivity contribution >= 4 is 11.9 Å². The topological polar surface area (TPSA) is 95.9 Å². The minimum Gasteiger partial charge on any atom is -0.466 e. The van der Waals surface area contributed by atoms with E-state index in [-0.39, 0.29) is 18.5 Å². The van der Waals surface area contributed by atoms with E-state index in [1.54, 1.807) is 0 Å². The molecule has 0 aromatic rings. The van der Waals surface area contributed by atoms with Gasteiger partial charge in [-0.3, -0.25) is 9.59 Å². The monoisotopic (exact) mass is 1170 g/mol. The van der Waals surface area contributed by atoms with Gasteiger partial charge in [-0.15, -0.1) is 0 Å². The lowest BCUT2D eigenvalue weighted by Crippen LogP contribution is -2.45. The summed E-state index contributed by atoms with van der Waals surface area (Å²) in [6, 6.07) is -0.545. The maximum Gasteiger partial charge on any atom is 0.305 e. The molecule has 0 aliphatic rings. The smallest absolute Gasteiger partial charge is 0.305 e. The average Bonchev–Trinajstić information content (AvgIpc) is 3.48. The molecule has 6 nitrogen and oxygen atoms in total. The second-order valence-corrected chi connectivity index (χ2v) is 26.3. The van der Waals surface area contributed by atoms with Crippen molar-refractivity contribution in [3.05, 3.63) is 24.3 Å². The summed E-state index contributed by atoms with van der Waals surface area (Å²) in [4.78, 5) is 24.7. The van der Waals surface area contributed by atoms with E-state index in [4.69, 9.17) is 4.74 Å². The molecule has 0 aliphatic carbocycles. The summed E-state index contributed by atoms with van der Waals surface area (Å²) in [6.07, 6.45) is 92.4. The molecule has 0 rings (SSSR count). The minimum atomic E-state index is -0.668. The fourth-order valence-corrected chi connectivity index (χ4v) is 12.2. The molecule has 0 spiro atoms. The van der Waals surface area contributed by atoms with E-state index in [2.05, 4.69) is 43.5 Å². The van der Waals surface area contributed by atoms with Crippen molar-refractivity contribution in [1.29, 1.82) is 0 Å². The Morgan fingerprint density at radius 3 is 0.855 bits per heavy atom. The highest BCUT2D eigenvalue weighted by atomic mass is 16.5. The van der Waals surface area contributed by atoms with Crippen LogP contribution in [0.3, 0.4) is 0 Å². The van der Waals surface area contributed by atoms with Crippen LogP contribution in [0, 0.1) is 0 Å². The third-order valence-corrected chi connectivity index (χ3v) is 18.0. The van der Waals surface area contributed by atoms with Crippen molar-refractivity contribution in [2.24, 2.45) is 0 Å². The summed E-state index contributed by atoms with van der Waals surface area (Å²) < 4.78 is 5.51. The van der Waals surface area contributed by atoms with Gasteiger partial charge in [0.25, 0.3) is 0 Å². The summed E-state index contributed by atoms with van der Waals surface area (Å²) in [5.74, 6) is -0.0189. The lowest BCUT2D eigenvalue weighted by atomic mass is 10.0. The van der Waals surface area contributed by atoms with E-state index in [1.807, 2.05) is 0 Å². The molecule has 6 heteroatoms. The number of carbonyl (C=O) groups is 2. The van der Waals surface area contributed by atoms with Crippen LogP contribution in [0.5, 0.6) is 0 Å². The number of hydrogen-bond donors (Lipinski definition) is 3. The van der Waals surface area contributed by atoms with E-state index in [0.29, 0.717) is 25.9 Å². The van der Waals surface area contributed by atoms with Gasteiger partial charge in [0, 0.05) is 12.8 Å². The van der Waals surface area contributed by atoms with Gasteiger partial charge in [0.2, 0.25) is 5.91 Å². The number of nitrogens with one attached hydrogen (secondary N) is 1. The molecule has 0 saturated carbocycles. The van der Waals surface area contributed by atoms with Crippen molar-refractivity contribution in [1.82, 2.24) is 5.32 Å². The molecule has 0 heterocycles. The molecule has 0 bridgehead atoms. The fourth-order valence-electron chi connectivity index (χ4n) is 12.2. The number of amides is 1. The SMILES string of the molecule is CCCCCCCC/C=C\CCCCCCCCCCCC(=O)OCCCCCCCCCCCCCC/C=C\CCCCCCCCCCCC(=O)NC(CO)C(O)CCCCCCCCCCCCCCCCCCCCCCCC. The molecule has 0 aromatic carbocycles. The number of carbonyl (C=O) groups excluding carboxylic acids is 2. The second-order valence-electron chi connectivity index (χ2n) is 26.3. The number of ether oxygens (including phenoxy) is 1. The zero-order chi connectivity index (χ0) is 59.9. The van der Waals surface area contributed by atoms with Gasteiger partial charge in [0.05, 0.1) is 25.4 Å². The predicted molar refractivity (Wildman–Crippen MR) is 366 cm³/mol. The van der Waals surface area contributed by atoms with Crippen LogP contribution >= 0.6 is 0 Å². The first kappa shape index (κ1) is 81.3. The van der Waals surface area contributed by atoms with Crippen LogP contribution in [0.25, 0.3) is 0 Å². The number of unbranched alkanes of at least 4 members (excludes halogenated alkanes) is 57. The maximum atomic E-state index is 12.6. The molecule has 492 valence electrons. The zero-order valence-electron chi connectivity index (χ0n) is 56.5. The van der Waals surface area contributed by atoms with Crippen LogP contribution in [0.15, 0.2) is 24.3 Å². The van der Waals surface area contributed by atoms with Crippen molar-refractivity contribution < 1.29 is 24.5 Å². The van der Waals surface area contributed by atoms with Gasteiger partial charge >= 0.3 is 5.97 Å². The van der Waals surface area contributed by atoms with Crippen molar-refractivity contribution in [2.45, 2.75) is 443 Å². The van der Waals surface area contributed by atoms with Gasteiger partial charge in [0.15, 0.2) is 0 Å². The van der Waals surface area contributed by atoms with Crippen molar-refractivity contribution in [3.63, 3.8) is 0 Å². The van der Waals surface area contributed by atoms with Crippen LogP contribution < -0.4 is 5.32 Å².